The topological polar surface area (TPSA) is 119 Å². The van der Waals surface area contributed by atoms with Gasteiger partial charge < -0.3 is 25.7 Å². The number of amides is 3. The minimum absolute atomic E-state index is 0.0190. The van der Waals surface area contributed by atoms with Crippen LogP contribution in [0.15, 0.2) is 72.8 Å². The molecule has 210 valence electrons. The normalized spacial score (nSPS) is 18.1. The van der Waals surface area contributed by atoms with Crippen LogP contribution in [0.2, 0.25) is 0 Å². The molecule has 0 unspecified atom stereocenters. The largest absolute Gasteiger partial charge is 0.508 e. The first kappa shape index (κ1) is 28.8. The third-order valence-electron chi connectivity index (χ3n) is 7.61. The van der Waals surface area contributed by atoms with E-state index in [1.54, 1.807) is 19.1 Å². The summed E-state index contributed by atoms with van der Waals surface area (Å²) < 4.78 is 0. The van der Waals surface area contributed by atoms with Crippen LogP contribution in [0.4, 0.5) is 0 Å². The van der Waals surface area contributed by atoms with Crippen LogP contribution in [-0.2, 0) is 22.6 Å². The van der Waals surface area contributed by atoms with Gasteiger partial charge in [-0.3, -0.25) is 14.4 Å². The van der Waals surface area contributed by atoms with Gasteiger partial charge in [-0.2, -0.15) is 0 Å². The number of carbonyl (C=O) groups is 3. The molecule has 1 heterocycles. The molecule has 1 aliphatic rings. The van der Waals surface area contributed by atoms with Gasteiger partial charge in [-0.15, -0.1) is 0 Å². The van der Waals surface area contributed by atoms with Gasteiger partial charge in [0.2, 0.25) is 5.91 Å². The van der Waals surface area contributed by atoms with E-state index in [0.29, 0.717) is 25.1 Å². The zero-order valence-electron chi connectivity index (χ0n) is 23.1. The lowest BCUT2D eigenvalue weighted by Gasteiger charge is -2.30. The van der Waals surface area contributed by atoms with Crippen molar-refractivity contribution in [2.75, 3.05) is 6.54 Å². The number of phenols is 1. The van der Waals surface area contributed by atoms with E-state index < -0.39 is 30.0 Å². The van der Waals surface area contributed by atoms with E-state index in [2.05, 4.69) is 10.6 Å². The Morgan fingerprint density at radius 2 is 1.68 bits per heavy atom. The average Bonchev–Trinajstić information content (AvgIpc) is 3.35. The third kappa shape index (κ3) is 6.69. The van der Waals surface area contributed by atoms with Crippen molar-refractivity contribution in [3.63, 3.8) is 0 Å². The van der Waals surface area contributed by atoms with Crippen molar-refractivity contribution in [3.8, 4) is 5.75 Å². The van der Waals surface area contributed by atoms with Crippen LogP contribution in [0.5, 0.6) is 5.75 Å². The summed E-state index contributed by atoms with van der Waals surface area (Å²) in [6.45, 7) is 6.25. The number of hydrogen-bond donors (Lipinski definition) is 4. The molecule has 8 nitrogen and oxygen atoms in total. The van der Waals surface area contributed by atoms with Crippen molar-refractivity contribution in [1.29, 1.82) is 0 Å². The molecule has 3 amide bonds. The molecule has 3 aromatic rings. The second kappa shape index (κ2) is 12.8. The number of carbonyl (C=O) groups excluding carboxylic acids is 3. The molecule has 0 aliphatic carbocycles. The molecule has 1 fully saturated rings. The summed E-state index contributed by atoms with van der Waals surface area (Å²) in [5.74, 6) is -1.33. The van der Waals surface area contributed by atoms with Gasteiger partial charge in [0.15, 0.2) is 6.10 Å². The van der Waals surface area contributed by atoms with E-state index in [9.17, 15) is 24.6 Å². The van der Waals surface area contributed by atoms with Crippen molar-refractivity contribution in [2.24, 2.45) is 5.92 Å². The van der Waals surface area contributed by atoms with Gasteiger partial charge >= 0.3 is 0 Å². The minimum atomic E-state index is -1.58. The molecule has 4 rings (SSSR count). The number of likely N-dealkylation sites (tertiary alicyclic amines) is 1. The fraction of sp³-hybridized carbons (Fsp3) is 0.344. The second-order valence-corrected chi connectivity index (χ2v) is 10.7. The number of hydrogen-bond acceptors (Lipinski definition) is 5. The molecule has 0 spiro atoms. The average molecular weight is 544 g/mol. The van der Waals surface area contributed by atoms with Gasteiger partial charge in [-0.1, -0.05) is 67.6 Å². The first-order valence-corrected chi connectivity index (χ1v) is 13.6. The van der Waals surface area contributed by atoms with Crippen LogP contribution in [0.1, 0.15) is 46.0 Å². The molecule has 1 saturated heterocycles. The van der Waals surface area contributed by atoms with Gasteiger partial charge in [0, 0.05) is 24.2 Å². The highest BCUT2D eigenvalue weighted by molar-refractivity contribution is 5.97. The summed E-state index contributed by atoms with van der Waals surface area (Å²) in [6, 6.07) is 20.0. The maximum absolute atomic E-state index is 13.7. The number of aliphatic hydroxyl groups is 1. The summed E-state index contributed by atoms with van der Waals surface area (Å²) in [5.41, 5.74) is 3.54. The molecular formula is C32H37N3O5. The molecule has 3 aromatic carbocycles. The monoisotopic (exact) mass is 543 g/mol. The number of phenolic OH excluding ortho intramolecular Hbond substituents is 1. The predicted octanol–water partition coefficient (Wildman–Crippen LogP) is 3.26. The van der Waals surface area contributed by atoms with Crippen LogP contribution in [0.25, 0.3) is 0 Å². The lowest BCUT2D eigenvalue weighted by Crippen LogP contribution is -2.55. The Morgan fingerprint density at radius 1 is 0.975 bits per heavy atom. The van der Waals surface area contributed by atoms with Crippen molar-refractivity contribution < 1.29 is 24.6 Å². The second-order valence-electron chi connectivity index (χ2n) is 10.7. The Hall–Kier alpha value is -4.17. The van der Waals surface area contributed by atoms with Crippen LogP contribution >= 0.6 is 0 Å². The molecular weight excluding hydrogens is 506 g/mol. The Kier molecular flexibility index (Phi) is 9.22. The van der Waals surface area contributed by atoms with Gasteiger partial charge in [0.25, 0.3) is 11.8 Å². The summed E-state index contributed by atoms with van der Waals surface area (Å²) in [4.78, 5) is 41.6. The zero-order valence-corrected chi connectivity index (χ0v) is 23.1. The molecule has 0 aromatic heterocycles. The van der Waals surface area contributed by atoms with Gasteiger partial charge in [-0.25, -0.2) is 0 Å². The molecule has 1 aliphatic heterocycles. The SMILES string of the molecule is Cc1ccccc1CNC(=O)[C@@H]1C[C@H](C)CN1C(=O)[C@@H](O)[C@H](Cc1ccccc1)NC(=O)c1cccc(O)c1C. The molecule has 4 N–H and O–H groups in total. The number of aliphatic hydroxyl groups excluding tert-OH is 1. The Morgan fingerprint density at radius 3 is 2.40 bits per heavy atom. The summed E-state index contributed by atoms with van der Waals surface area (Å²) in [7, 11) is 0. The van der Waals surface area contributed by atoms with Gasteiger partial charge in [-0.05, 0) is 61.4 Å². The molecule has 0 bridgehead atoms. The highest BCUT2D eigenvalue weighted by Gasteiger charge is 2.42. The Labute approximate surface area is 235 Å². The molecule has 0 saturated carbocycles. The van der Waals surface area contributed by atoms with Gasteiger partial charge in [0.1, 0.15) is 11.8 Å². The van der Waals surface area contributed by atoms with Crippen molar-refractivity contribution >= 4 is 17.7 Å². The molecule has 0 radical (unpaired) electrons. The highest BCUT2D eigenvalue weighted by Crippen LogP contribution is 2.25. The Balaban J connectivity index is 1.52. The van der Waals surface area contributed by atoms with Crippen molar-refractivity contribution in [2.45, 2.75) is 58.3 Å². The Bertz CT molecular complexity index is 1360. The van der Waals surface area contributed by atoms with Crippen LogP contribution in [0.3, 0.4) is 0 Å². The lowest BCUT2D eigenvalue weighted by atomic mass is 9.98. The number of aromatic hydroxyl groups is 1. The van der Waals surface area contributed by atoms with E-state index in [1.165, 1.54) is 11.0 Å². The predicted molar refractivity (Wildman–Crippen MR) is 153 cm³/mol. The van der Waals surface area contributed by atoms with E-state index in [1.807, 2.05) is 68.4 Å². The number of nitrogens with zero attached hydrogens (tertiary/aromatic N) is 1. The maximum atomic E-state index is 13.7. The van der Waals surface area contributed by atoms with Gasteiger partial charge in [0.05, 0.1) is 6.04 Å². The number of rotatable bonds is 9. The van der Waals surface area contributed by atoms with Crippen LogP contribution in [0, 0.1) is 19.8 Å². The fourth-order valence-corrected chi connectivity index (χ4v) is 5.21. The quantitative estimate of drug-likeness (QED) is 0.330. The van der Waals surface area contributed by atoms with Crippen LogP contribution in [-0.4, -0.2) is 57.6 Å². The third-order valence-corrected chi connectivity index (χ3v) is 7.61. The van der Waals surface area contributed by atoms with E-state index in [0.717, 1.165) is 16.7 Å². The van der Waals surface area contributed by atoms with Crippen LogP contribution < -0.4 is 10.6 Å². The molecule has 4 atom stereocenters. The number of aryl methyl sites for hydroxylation is 1. The smallest absolute Gasteiger partial charge is 0.254 e. The summed E-state index contributed by atoms with van der Waals surface area (Å²) in [5, 5.41) is 27.2. The fourth-order valence-electron chi connectivity index (χ4n) is 5.21. The highest BCUT2D eigenvalue weighted by atomic mass is 16.3. The minimum Gasteiger partial charge on any atom is -0.508 e. The number of nitrogens with one attached hydrogen (secondary N) is 2. The first-order valence-electron chi connectivity index (χ1n) is 13.6. The maximum Gasteiger partial charge on any atom is 0.254 e. The standard InChI is InChI=1S/C32H37N3O5/c1-20-16-27(31(39)33-18-24-13-8-7-10-21(24)2)35(19-20)32(40)29(37)26(17-23-11-5-4-6-12-23)34-30(38)25-14-9-15-28(36)22(25)3/h4-15,20,26-27,29,36-37H,16-19H2,1-3H3,(H,33,39)(H,34,38)/t20-,26-,27-,29-/m0/s1. The molecule has 8 heteroatoms. The first-order chi connectivity index (χ1) is 19.2. The lowest BCUT2D eigenvalue weighted by molar-refractivity contribution is -0.146. The van der Waals surface area contributed by atoms with E-state index in [-0.39, 0.29) is 29.6 Å². The van der Waals surface area contributed by atoms with Crippen molar-refractivity contribution in [1.82, 2.24) is 15.5 Å². The zero-order chi connectivity index (χ0) is 28.8. The van der Waals surface area contributed by atoms with E-state index >= 15 is 0 Å². The molecule has 40 heavy (non-hydrogen) atoms. The summed E-state index contributed by atoms with van der Waals surface area (Å²) >= 11 is 0. The van der Waals surface area contributed by atoms with E-state index in [4.69, 9.17) is 0 Å². The van der Waals surface area contributed by atoms with Crippen molar-refractivity contribution in [3.05, 3.63) is 101 Å². The number of benzene rings is 3. The summed E-state index contributed by atoms with van der Waals surface area (Å²) in [6.07, 6.45) is -0.903.